The van der Waals surface area contributed by atoms with Crippen LogP contribution >= 0.6 is 0 Å². The van der Waals surface area contributed by atoms with E-state index in [9.17, 15) is 4.79 Å². The lowest BCUT2D eigenvalue weighted by atomic mass is 9.94. The zero-order valence-corrected chi connectivity index (χ0v) is 14.5. The van der Waals surface area contributed by atoms with Crippen molar-refractivity contribution in [1.29, 1.82) is 0 Å². The number of nitrogens with zero attached hydrogens (tertiary/aromatic N) is 3. The maximum absolute atomic E-state index is 12.8. The first-order chi connectivity index (χ1) is 12.2. The lowest BCUT2D eigenvalue weighted by Gasteiger charge is -2.41. The topological polar surface area (TPSA) is 46.8 Å². The molecule has 25 heavy (non-hydrogen) atoms. The van der Waals surface area contributed by atoms with Gasteiger partial charge in [-0.3, -0.25) is 4.79 Å². The number of methoxy groups -OCH3 is 1. The summed E-state index contributed by atoms with van der Waals surface area (Å²) in [6, 6.07) is 12.1. The first kappa shape index (κ1) is 15.7. The number of imidazole rings is 1. The van der Waals surface area contributed by atoms with Gasteiger partial charge in [0.2, 0.25) is 5.91 Å². The number of fused-ring (bicyclic) bond motifs is 1. The molecule has 1 aromatic carbocycles. The van der Waals surface area contributed by atoms with Gasteiger partial charge in [0.25, 0.3) is 0 Å². The first-order valence-corrected chi connectivity index (χ1v) is 8.52. The Balaban J connectivity index is 1.53. The Labute approximate surface area is 146 Å². The molecule has 5 nitrogen and oxygen atoms in total. The Kier molecular flexibility index (Phi) is 3.92. The number of carbonyl (C=O) groups is 1. The molecule has 0 radical (unpaired) electrons. The Morgan fingerprint density at radius 1 is 1.32 bits per heavy atom. The molecule has 1 saturated heterocycles. The van der Waals surface area contributed by atoms with E-state index in [1.807, 2.05) is 52.8 Å². The van der Waals surface area contributed by atoms with Crippen molar-refractivity contribution >= 4 is 11.6 Å². The maximum atomic E-state index is 12.8. The Hall–Kier alpha value is -2.82. The molecule has 0 saturated carbocycles. The van der Waals surface area contributed by atoms with Crippen LogP contribution < -0.4 is 4.74 Å². The van der Waals surface area contributed by atoms with E-state index in [0.717, 1.165) is 41.2 Å². The fraction of sp³-hybridized carbons (Fsp3) is 0.300. The molecule has 128 valence electrons. The minimum absolute atomic E-state index is 0.141. The van der Waals surface area contributed by atoms with Gasteiger partial charge in [-0.15, -0.1) is 0 Å². The predicted molar refractivity (Wildman–Crippen MR) is 95.7 cm³/mol. The van der Waals surface area contributed by atoms with Gasteiger partial charge >= 0.3 is 0 Å². The van der Waals surface area contributed by atoms with E-state index in [1.165, 1.54) is 0 Å². The van der Waals surface area contributed by atoms with Crippen molar-refractivity contribution in [2.24, 2.45) is 0 Å². The molecular formula is C20H21N3O2. The SMILES string of the molecule is COc1cccc([C@H]2CCN2C(=O)Cc2cnc3c(C)cccn23)c1. The van der Waals surface area contributed by atoms with E-state index < -0.39 is 0 Å². The number of hydrogen-bond donors (Lipinski definition) is 0. The Morgan fingerprint density at radius 2 is 2.20 bits per heavy atom. The number of benzene rings is 1. The molecule has 2 aromatic heterocycles. The number of likely N-dealkylation sites (tertiary alicyclic amines) is 1. The number of hydrogen-bond acceptors (Lipinski definition) is 3. The van der Waals surface area contributed by atoms with Gasteiger partial charge in [-0.25, -0.2) is 4.98 Å². The second-order valence-electron chi connectivity index (χ2n) is 6.48. The second kappa shape index (κ2) is 6.24. The van der Waals surface area contributed by atoms with Gasteiger partial charge in [0.1, 0.15) is 11.4 Å². The summed E-state index contributed by atoms with van der Waals surface area (Å²) in [6.45, 7) is 2.83. The standard InChI is InChI=1S/C20H21N3O2/c1-14-5-4-9-22-16(13-21-20(14)22)12-19(24)23-10-8-18(23)15-6-3-7-17(11-15)25-2/h3-7,9,11,13,18H,8,10,12H2,1-2H3/t18-/m1/s1. The molecule has 1 atom stereocenters. The third-order valence-corrected chi connectivity index (χ3v) is 4.96. The number of pyridine rings is 1. The molecule has 1 aliphatic rings. The van der Waals surface area contributed by atoms with Crippen molar-refractivity contribution < 1.29 is 9.53 Å². The fourth-order valence-corrected chi connectivity index (χ4v) is 3.47. The summed E-state index contributed by atoms with van der Waals surface area (Å²) in [5.41, 5.74) is 4.09. The smallest absolute Gasteiger partial charge is 0.229 e. The Morgan fingerprint density at radius 3 is 2.96 bits per heavy atom. The molecule has 5 heteroatoms. The predicted octanol–water partition coefficient (Wildman–Crippen LogP) is 3.17. The summed E-state index contributed by atoms with van der Waals surface area (Å²) >= 11 is 0. The number of ether oxygens (including phenoxy) is 1. The molecular weight excluding hydrogens is 314 g/mol. The minimum atomic E-state index is 0.141. The average Bonchev–Trinajstić information content (AvgIpc) is 2.98. The van der Waals surface area contributed by atoms with Crippen molar-refractivity contribution in [3.63, 3.8) is 0 Å². The van der Waals surface area contributed by atoms with Gasteiger partial charge in [-0.2, -0.15) is 0 Å². The van der Waals surface area contributed by atoms with Crippen LogP contribution in [0.15, 0.2) is 48.8 Å². The van der Waals surface area contributed by atoms with Gasteiger partial charge in [0.15, 0.2) is 0 Å². The van der Waals surface area contributed by atoms with Crippen molar-refractivity contribution in [3.05, 3.63) is 65.6 Å². The van der Waals surface area contributed by atoms with Crippen LogP contribution in [0.25, 0.3) is 5.65 Å². The molecule has 0 unspecified atom stereocenters. The zero-order chi connectivity index (χ0) is 17.4. The quantitative estimate of drug-likeness (QED) is 0.736. The first-order valence-electron chi connectivity index (χ1n) is 8.52. The van der Waals surface area contributed by atoms with Gasteiger partial charge in [0.05, 0.1) is 25.3 Å². The minimum Gasteiger partial charge on any atom is -0.497 e. The summed E-state index contributed by atoms with van der Waals surface area (Å²) in [7, 11) is 1.66. The lowest BCUT2D eigenvalue weighted by molar-refractivity contribution is -0.138. The highest BCUT2D eigenvalue weighted by atomic mass is 16.5. The number of aryl methyl sites for hydroxylation is 1. The van der Waals surface area contributed by atoms with Gasteiger partial charge in [0, 0.05) is 18.9 Å². The van der Waals surface area contributed by atoms with Crippen molar-refractivity contribution in [1.82, 2.24) is 14.3 Å². The molecule has 0 aliphatic carbocycles. The van der Waals surface area contributed by atoms with Crippen molar-refractivity contribution in [2.75, 3.05) is 13.7 Å². The highest BCUT2D eigenvalue weighted by Gasteiger charge is 2.33. The molecule has 3 aromatic rings. The van der Waals surface area contributed by atoms with Crippen LogP contribution in [-0.2, 0) is 11.2 Å². The van der Waals surface area contributed by atoms with E-state index in [0.29, 0.717) is 6.42 Å². The number of aromatic nitrogens is 2. The number of amides is 1. The number of carbonyl (C=O) groups excluding carboxylic acids is 1. The maximum Gasteiger partial charge on any atom is 0.229 e. The van der Waals surface area contributed by atoms with Crippen LogP contribution in [0.1, 0.15) is 29.3 Å². The molecule has 0 spiro atoms. The lowest BCUT2D eigenvalue weighted by Crippen LogP contribution is -2.45. The third-order valence-electron chi connectivity index (χ3n) is 4.96. The Bertz CT molecular complexity index is 932. The number of rotatable bonds is 4. The van der Waals surface area contributed by atoms with Crippen LogP contribution in [0, 0.1) is 6.92 Å². The van der Waals surface area contributed by atoms with E-state index in [4.69, 9.17) is 4.74 Å². The van der Waals surface area contributed by atoms with Gasteiger partial charge in [-0.1, -0.05) is 18.2 Å². The molecule has 0 N–H and O–H groups in total. The van der Waals surface area contributed by atoms with Crippen LogP contribution in [0.2, 0.25) is 0 Å². The molecule has 0 bridgehead atoms. The molecule has 4 rings (SSSR count). The summed E-state index contributed by atoms with van der Waals surface area (Å²) in [6.07, 6.45) is 5.13. The monoisotopic (exact) mass is 335 g/mol. The molecule has 1 amide bonds. The van der Waals surface area contributed by atoms with Crippen LogP contribution in [0.4, 0.5) is 0 Å². The summed E-state index contributed by atoms with van der Waals surface area (Å²) < 4.78 is 7.31. The van der Waals surface area contributed by atoms with E-state index in [-0.39, 0.29) is 11.9 Å². The largest absolute Gasteiger partial charge is 0.497 e. The zero-order valence-electron chi connectivity index (χ0n) is 14.5. The highest BCUT2D eigenvalue weighted by molar-refractivity contribution is 5.80. The van der Waals surface area contributed by atoms with Crippen molar-refractivity contribution in [2.45, 2.75) is 25.8 Å². The summed E-state index contributed by atoms with van der Waals surface area (Å²) in [5.74, 6) is 0.969. The average molecular weight is 335 g/mol. The van der Waals surface area contributed by atoms with E-state index in [1.54, 1.807) is 13.3 Å². The highest BCUT2D eigenvalue weighted by Crippen LogP contribution is 2.35. The fourth-order valence-electron chi connectivity index (χ4n) is 3.47. The third kappa shape index (κ3) is 2.76. The van der Waals surface area contributed by atoms with Crippen molar-refractivity contribution in [3.8, 4) is 5.75 Å². The molecule has 3 heterocycles. The normalized spacial score (nSPS) is 16.7. The molecule has 1 fully saturated rings. The van der Waals surface area contributed by atoms with Crippen LogP contribution in [0.3, 0.4) is 0 Å². The second-order valence-corrected chi connectivity index (χ2v) is 6.48. The summed E-state index contributed by atoms with van der Waals surface area (Å²) in [5, 5.41) is 0. The van der Waals surface area contributed by atoms with Gasteiger partial charge < -0.3 is 14.0 Å². The van der Waals surface area contributed by atoms with Crippen LogP contribution in [0.5, 0.6) is 5.75 Å². The van der Waals surface area contributed by atoms with E-state index >= 15 is 0 Å². The molecule has 1 aliphatic heterocycles. The van der Waals surface area contributed by atoms with E-state index in [2.05, 4.69) is 11.1 Å². The van der Waals surface area contributed by atoms with Crippen LogP contribution in [-0.4, -0.2) is 33.8 Å². The van der Waals surface area contributed by atoms with Gasteiger partial charge in [-0.05, 0) is 42.7 Å². The summed E-state index contributed by atoms with van der Waals surface area (Å²) in [4.78, 5) is 19.2.